The van der Waals surface area contributed by atoms with Crippen LogP contribution in [0.3, 0.4) is 0 Å². The molecule has 4 rings (SSSR count). The second-order valence-corrected chi connectivity index (χ2v) is 8.99. The predicted octanol–water partition coefficient (Wildman–Crippen LogP) is 4.00. The van der Waals surface area contributed by atoms with Crippen LogP contribution in [0.4, 0.5) is 5.69 Å². The van der Waals surface area contributed by atoms with Gasteiger partial charge in [0.2, 0.25) is 10.0 Å². The van der Waals surface area contributed by atoms with Crippen molar-refractivity contribution in [3.05, 3.63) is 76.5 Å². The van der Waals surface area contributed by atoms with E-state index in [2.05, 4.69) is 25.8 Å². The molecule has 0 aliphatic carbocycles. The van der Waals surface area contributed by atoms with Crippen LogP contribution in [0.15, 0.2) is 73.4 Å². The normalized spacial score (nSPS) is 16.7. The van der Waals surface area contributed by atoms with Gasteiger partial charge in [-0.25, -0.2) is 13.4 Å². The second-order valence-electron chi connectivity index (χ2n) is 6.46. The Labute approximate surface area is 175 Å². The topological polar surface area (TPSA) is 105 Å². The Kier molecular flexibility index (Phi) is 5.05. The first-order chi connectivity index (χ1) is 13.8. The summed E-state index contributed by atoms with van der Waals surface area (Å²) in [5, 5.41) is 5.80. The smallest absolute Gasteiger partial charge is 0.310 e. The van der Waals surface area contributed by atoms with Crippen molar-refractivity contribution in [2.45, 2.75) is 12.5 Å². The summed E-state index contributed by atoms with van der Waals surface area (Å²) in [6, 6.07) is 13.1. The van der Waals surface area contributed by atoms with Crippen LogP contribution in [0.5, 0.6) is 0 Å². The molecule has 150 valence electrons. The van der Waals surface area contributed by atoms with E-state index >= 15 is 0 Å². The fraction of sp³-hybridized carbons (Fsp3) is 0.158. The number of benzene rings is 1. The zero-order chi connectivity index (χ0) is 20.6. The first kappa shape index (κ1) is 19.5. The molecule has 1 unspecified atom stereocenters. The Morgan fingerprint density at radius 1 is 1.21 bits per heavy atom. The number of nitrogens with one attached hydrogen (secondary N) is 1. The van der Waals surface area contributed by atoms with Crippen molar-refractivity contribution < 1.29 is 22.0 Å². The summed E-state index contributed by atoms with van der Waals surface area (Å²) in [6.07, 6.45) is 2.96. The van der Waals surface area contributed by atoms with Gasteiger partial charge >= 0.3 is 5.91 Å². The highest BCUT2D eigenvalue weighted by molar-refractivity contribution is 9.10. The molecule has 2 aromatic heterocycles. The number of furan rings is 2. The lowest BCUT2D eigenvalue weighted by Gasteiger charge is -2.18. The van der Waals surface area contributed by atoms with E-state index < -0.39 is 22.0 Å². The van der Waals surface area contributed by atoms with Gasteiger partial charge in [-0.3, -0.25) is 9.52 Å². The third kappa shape index (κ3) is 4.13. The van der Waals surface area contributed by atoms with Gasteiger partial charge in [0.15, 0.2) is 10.4 Å². The van der Waals surface area contributed by atoms with Crippen LogP contribution >= 0.6 is 15.9 Å². The highest BCUT2D eigenvalue weighted by Crippen LogP contribution is 2.36. The van der Waals surface area contributed by atoms with Crippen molar-refractivity contribution >= 4 is 43.3 Å². The molecule has 29 heavy (non-hydrogen) atoms. The number of amides is 1. The number of anilines is 1. The first-order valence-corrected chi connectivity index (χ1v) is 11.3. The van der Waals surface area contributed by atoms with E-state index in [1.54, 1.807) is 48.5 Å². The van der Waals surface area contributed by atoms with E-state index in [1.807, 2.05) is 0 Å². The molecular formula is C19H16BrN3O5S. The van der Waals surface area contributed by atoms with E-state index in [9.17, 15) is 13.2 Å². The quantitative estimate of drug-likeness (QED) is 0.597. The van der Waals surface area contributed by atoms with Crippen molar-refractivity contribution in [1.82, 2.24) is 5.01 Å². The number of para-hydroxylation sites is 1. The molecule has 1 atom stereocenters. The van der Waals surface area contributed by atoms with Crippen molar-refractivity contribution in [3.63, 3.8) is 0 Å². The number of carbonyl (C=O) groups is 1. The summed E-state index contributed by atoms with van der Waals surface area (Å²) in [6.45, 7) is 0. The number of hydrogen-bond donors (Lipinski definition) is 1. The van der Waals surface area contributed by atoms with Crippen LogP contribution in [0.1, 0.15) is 34.3 Å². The Bertz CT molecular complexity index is 1180. The first-order valence-electron chi connectivity index (χ1n) is 8.59. The number of sulfonamides is 1. The van der Waals surface area contributed by atoms with Crippen molar-refractivity contribution in [2.24, 2.45) is 5.10 Å². The maximum absolute atomic E-state index is 13.0. The molecule has 1 aliphatic heterocycles. The van der Waals surface area contributed by atoms with Gasteiger partial charge < -0.3 is 8.83 Å². The summed E-state index contributed by atoms with van der Waals surface area (Å²) in [5.41, 5.74) is 1.53. The molecule has 3 heterocycles. The molecule has 8 nitrogen and oxygen atoms in total. The monoisotopic (exact) mass is 477 g/mol. The minimum atomic E-state index is -3.48. The van der Waals surface area contributed by atoms with E-state index in [0.717, 1.165) is 6.26 Å². The fourth-order valence-corrected chi connectivity index (χ4v) is 4.01. The van der Waals surface area contributed by atoms with Gasteiger partial charge in [0.25, 0.3) is 0 Å². The number of hydrazone groups is 1. The highest BCUT2D eigenvalue weighted by atomic mass is 79.9. The SMILES string of the molecule is CS(=O)(=O)Nc1ccccc1C1=NN(C(=O)c2ccc(Br)o2)C(c2ccco2)C1. The lowest BCUT2D eigenvalue weighted by Crippen LogP contribution is -2.26. The lowest BCUT2D eigenvalue weighted by atomic mass is 10.0. The molecule has 0 fully saturated rings. The number of rotatable bonds is 5. The second kappa shape index (κ2) is 7.53. The molecule has 1 aliphatic rings. The Hall–Kier alpha value is -2.85. The summed E-state index contributed by atoms with van der Waals surface area (Å²) in [5.74, 6) is 0.262. The minimum Gasteiger partial charge on any atom is -0.467 e. The van der Waals surface area contributed by atoms with Gasteiger partial charge in [0.1, 0.15) is 11.8 Å². The van der Waals surface area contributed by atoms with Crippen LogP contribution in [-0.2, 0) is 10.0 Å². The summed E-state index contributed by atoms with van der Waals surface area (Å²) >= 11 is 3.19. The maximum Gasteiger partial charge on any atom is 0.310 e. The number of halogens is 1. The molecular weight excluding hydrogens is 462 g/mol. The highest BCUT2D eigenvalue weighted by Gasteiger charge is 2.37. The average molecular weight is 478 g/mol. The molecule has 10 heteroatoms. The van der Waals surface area contributed by atoms with Crippen molar-refractivity contribution in [2.75, 3.05) is 11.0 Å². The molecule has 0 radical (unpaired) electrons. The molecule has 1 aromatic carbocycles. The summed E-state index contributed by atoms with van der Waals surface area (Å²) < 4.78 is 37.3. The number of nitrogens with zero attached hydrogens (tertiary/aromatic N) is 2. The van der Waals surface area contributed by atoms with Gasteiger partial charge in [-0.1, -0.05) is 18.2 Å². The van der Waals surface area contributed by atoms with Crippen molar-refractivity contribution in [3.8, 4) is 0 Å². The van der Waals surface area contributed by atoms with E-state index in [4.69, 9.17) is 8.83 Å². The zero-order valence-corrected chi connectivity index (χ0v) is 17.6. The Balaban J connectivity index is 1.75. The van der Waals surface area contributed by atoms with Crippen LogP contribution < -0.4 is 4.72 Å². The molecule has 0 saturated heterocycles. The molecule has 0 bridgehead atoms. The Morgan fingerprint density at radius 3 is 2.66 bits per heavy atom. The fourth-order valence-electron chi connectivity index (χ4n) is 3.13. The third-order valence-corrected chi connectivity index (χ3v) is 5.32. The lowest BCUT2D eigenvalue weighted by molar-refractivity contribution is 0.0659. The van der Waals surface area contributed by atoms with Crippen LogP contribution in [-0.4, -0.2) is 31.3 Å². The van der Waals surface area contributed by atoms with Gasteiger partial charge in [-0.15, -0.1) is 0 Å². The van der Waals surface area contributed by atoms with E-state index in [1.165, 1.54) is 11.3 Å². The third-order valence-electron chi connectivity index (χ3n) is 4.31. The predicted molar refractivity (Wildman–Crippen MR) is 110 cm³/mol. The Morgan fingerprint density at radius 2 is 2.00 bits per heavy atom. The van der Waals surface area contributed by atoms with Gasteiger partial charge in [-0.05, 0) is 46.3 Å². The standard InChI is InChI=1S/C19H16BrN3O5S/c1-29(25,26)22-13-6-3-2-5-12(13)14-11-15(16-7-4-10-27-16)23(21-14)19(24)17-8-9-18(20)28-17/h2-10,15,22H,11H2,1H3. The molecule has 1 amide bonds. The summed E-state index contributed by atoms with van der Waals surface area (Å²) in [4.78, 5) is 13.0. The maximum atomic E-state index is 13.0. The van der Waals surface area contributed by atoms with E-state index in [-0.39, 0.29) is 5.76 Å². The van der Waals surface area contributed by atoms with Gasteiger partial charge in [-0.2, -0.15) is 5.10 Å². The van der Waals surface area contributed by atoms with Crippen LogP contribution in [0, 0.1) is 0 Å². The average Bonchev–Trinajstić information content (AvgIpc) is 3.40. The molecule has 0 spiro atoms. The van der Waals surface area contributed by atoms with Gasteiger partial charge in [0.05, 0.1) is 23.9 Å². The summed E-state index contributed by atoms with van der Waals surface area (Å²) in [7, 11) is -3.48. The van der Waals surface area contributed by atoms with Gasteiger partial charge in [0, 0.05) is 12.0 Å². The zero-order valence-electron chi connectivity index (χ0n) is 15.2. The molecule has 3 aromatic rings. The largest absolute Gasteiger partial charge is 0.467 e. The van der Waals surface area contributed by atoms with Crippen LogP contribution in [0.25, 0.3) is 0 Å². The van der Waals surface area contributed by atoms with Crippen LogP contribution in [0.2, 0.25) is 0 Å². The molecule has 0 saturated carbocycles. The van der Waals surface area contributed by atoms with E-state index in [0.29, 0.717) is 33.8 Å². The molecule has 1 N–H and O–H groups in total. The number of hydrogen-bond acceptors (Lipinski definition) is 6. The number of carbonyl (C=O) groups excluding carboxylic acids is 1. The minimum absolute atomic E-state index is 0.126. The van der Waals surface area contributed by atoms with Crippen molar-refractivity contribution in [1.29, 1.82) is 0 Å².